The fraction of sp³-hybridized carbons (Fsp3) is 0.259. The molecule has 1 aliphatic rings. The summed E-state index contributed by atoms with van der Waals surface area (Å²) in [5.41, 5.74) is 4.73. The van der Waals surface area contributed by atoms with Crippen LogP contribution in [0.1, 0.15) is 46.8 Å². The number of carboxylic acids is 1. The number of pyridine rings is 1. The molecular weight excluding hydrogens is 446 g/mol. The van der Waals surface area contributed by atoms with Crippen LogP contribution in [-0.4, -0.2) is 53.2 Å². The van der Waals surface area contributed by atoms with Crippen molar-refractivity contribution in [1.29, 1.82) is 0 Å². The van der Waals surface area contributed by atoms with Gasteiger partial charge in [-0.25, -0.2) is 9.78 Å². The van der Waals surface area contributed by atoms with Crippen molar-refractivity contribution in [3.8, 4) is 11.1 Å². The minimum absolute atomic E-state index is 0.0520. The van der Waals surface area contributed by atoms with Crippen LogP contribution in [0, 0.1) is 0 Å². The highest BCUT2D eigenvalue weighted by Crippen LogP contribution is 2.44. The topological polar surface area (TPSA) is 109 Å². The zero-order valence-corrected chi connectivity index (χ0v) is 19.4. The molecule has 0 bridgehead atoms. The summed E-state index contributed by atoms with van der Waals surface area (Å²) in [5, 5.41) is 11.3. The van der Waals surface area contributed by atoms with Crippen LogP contribution in [0.4, 0.5) is 10.6 Å². The van der Waals surface area contributed by atoms with E-state index >= 15 is 0 Å². The van der Waals surface area contributed by atoms with E-state index in [0.29, 0.717) is 19.4 Å². The molecule has 0 aliphatic heterocycles. The van der Waals surface area contributed by atoms with Crippen molar-refractivity contribution in [2.75, 3.05) is 25.5 Å². The SMILES string of the molecule is CN(CCCCC(=O)O)C(=O)c1cccc(NC(=O)OCC2c3ccccc3-c3ccccc32)n1. The van der Waals surface area contributed by atoms with Gasteiger partial charge in [-0.2, -0.15) is 0 Å². The lowest BCUT2D eigenvalue weighted by Crippen LogP contribution is -2.29. The third kappa shape index (κ3) is 5.66. The quantitative estimate of drug-likeness (QED) is 0.434. The molecule has 0 saturated heterocycles. The van der Waals surface area contributed by atoms with E-state index in [1.54, 1.807) is 25.2 Å². The molecule has 1 aromatic heterocycles. The number of nitrogens with one attached hydrogen (secondary N) is 1. The third-order valence-electron chi connectivity index (χ3n) is 6.02. The van der Waals surface area contributed by atoms with E-state index in [0.717, 1.165) is 22.3 Å². The van der Waals surface area contributed by atoms with Crippen molar-refractivity contribution >= 4 is 23.8 Å². The Morgan fingerprint density at radius 2 is 1.60 bits per heavy atom. The van der Waals surface area contributed by atoms with Gasteiger partial charge in [-0.05, 0) is 47.2 Å². The highest BCUT2D eigenvalue weighted by Gasteiger charge is 2.29. The summed E-state index contributed by atoms with van der Waals surface area (Å²) >= 11 is 0. The van der Waals surface area contributed by atoms with Crippen LogP contribution in [0.15, 0.2) is 66.7 Å². The zero-order valence-electron chi connectivity index (χ0n) is 19.4. The summed E-state index contributed by atoms with van der Waals surface area (Å²) in [4.78, 5) is 41.5. The Balaban J connectivity index is 1.34. The summed E-state index contributed by atoms with van der Waals surface area (Å²) in [7, 11) is 1.64. The van der Waals surface area contributed by atoms with E-state index in [-0.39, 0.29) is 36.4 Å². The van der Waals surface area contributed by atoms with Gasteiger partial charge in [0.05, 0.1) is 0 Å². The van der Waals surface area contributed by atoms with Crippen LogP contribution in [0.2, 0.25) is 0 Å². The van der Waals surface area contributed by atoms with Crippen LogP contribution < -0.4 is 5.32 Å². The number of aliphatic carboxylic acids is 1. The van der Waals surface area contributed by atoms with Gasteiger partial charge >= 0.3 is 12.1 Å². The van der Waals surface area contributed by atoms with Gasteiger partial charge in [-0.15, -0.1) is 0 Å². The minimum atomic E-state index is -0.854. The van der Waals surface area contributed by atoms with Crippen molar-refractivity contribution in [2.45, 2.75) is 25.2 Å². The third-order valence-corrected chi connectivity index (χ3v) is 6.02. The van der Waals surface area contributed by atoms with Crippen molar-refractivity contribution in [1.82, 2.24) is 9.88 Å². The second-order valence-corrected chi connectivity index (χ2v) is 8.44. The van der Waals surface area contributed by atoms with E-state index < -0.39 is 12.1 Å². The second-order valence-electron chi connectivity index (χ2n) is 8.44. The molecule has 0 radical (unpaired) electrons. The lowest BCUT2D eigenvalue weighted by Gasteiger charge is -2.17. The van der Waals surface area contributed by atoms with Gasteiger partial charge in [0.2, 0.25) is 0 Å². The summed E-state index contributed by atoms with van der Waals surface area (Å²) in [6.45, 7) is 0.593. The van der Waals surface area contributed by atoms with Crippen LogP contribution in [0.25, 0.3) is 11.1 Å². The standard InChI is InChI=1S/C27H27N3O5/c1-30(16-7-6-15-25(31)32)26(33)23-13-8-14-24(28-23)29-27(34)35-17-22-20-11-4-2-9-18(20)19-10-3-5-12-21(19)22/h2-5,8-14,22H,6-7,15-17H2,1H3,(H,31,32)(H,28,29,34). The Hall–Kier alpha value is -4.20. The molecule has 0 atom stereocenters. The number of carboxylic acid groups (broad SMARTS) is 1. The number of anilines is 1. The van der Waals surface area contributed by atoms with E-state index in [1.165, 1.54) is 4.90 Å². The first kappa shape index (κ1) is 23.9. The Labute approximate surface area is 203 Å². The van der Waals surface area contributed by atoms with E-state index in [2.05, 4.69) is 34.6 Å². The number of hydrogen-bond acceptors (Lipinski definition) is 5. The Morgan fingerprint density at radius 3 is 2.26 bits per heavy atom. The molecule has 0 unspecified atom stereocenters. The number of benzene rings is 2. The average molecular weight is 474 g/mol. The first-order valence-corrected chi connectivity index (χ1v) is 11.5. The Bertz CT molecular complexity index is 1200. The number of carbonyl (C=O) groups excluding carboxylic acids is 2. The van der Waals surface area contributed by atoms with Gasteiger partial charge in [0.1, 0.15) is 18.1 Å². The highest BCUT2D eigenvalue weighted by molar-refractivity contribution is 5.93. The lowest BCUT2D eigenvalue weighted by molar-refractivity contribution is -0.137. The van der Waals surface area contributed by atoms with Gasteiger partial charge in [0, 0.05) is 25.9 Å². The van der Waals surface area contributed by atoms with Crippen molar-refractivity contribution in [2.24, 2.45) is 0 Å². The molecule has 2 N–H and O–H groups in total. The normalized spacial score (nSPS) is 11.9. The van der Waals surface area contributed by atoms with Gasteiger partial charge < -0.3 is 14.7 Å². The first-order valence-electron chi connectivity index (χ1n) is 11.5. The lowest BCUT2D eigenvalue weighted by atomic mass is 9.98. The van der Waals surface area contributed by atoms with Gasteiger partial charge in [-0.1, -0.05) is 54.6 Å². The maximum Gasteiger partial charge on any atom is 0.412 e. The largest absolute Gasteiger partial charge is 0.481 e. The molecule has 180 valence electrons. The van der Waals surface area contributed by atoms with Gasteiger partial charge in [-0.3, -0.25) is 14.9 Å². The number of ether oxygens (including phenoxy) is 1. The number of hydrogen-bond donors (Lipinski definition) is 2. The molecule has 4 rings (SSSR count). The van der Waals surface area contributed by atoms with Crippen LogP contribution in [-0.2, 0) is 9.53 Å². The molecule has 0 spiro atoms. The highest BCUT2D eigenvalue weighted by atomic mass is 16.5. The number of carbonyl (C=O) groups is 3. The fourth-order valence-corrected chi connectivity index (χ4v) is 4.28. The van der Waals surface area contributed by atoms with Crippen LogP contribution >= 0.6 is 0 Å². The van der Waals surface area contributed by atoms with Gasteiger partial charge in [0.15, 0.2) is 0 Å². The molecule has 0 fully saturated rings. The summed E-state index contributed by atoms with van der Waals surface area (Å²) in [5.74, 6) is -1.000. The first-order chi connectivity index (χ1) is 16.9. The molecule has 1 heterocycles. The molecular formula is C27H27N3O5. The van der Waals surface area contributed by atoms with Crippen molar-refractivity contribution < 1.29 is 24.2 Å². The number of aromatic nitrogens is 1. The summed E-state index contributed by atoms with van der Waals surface area (Å²) in [6, 6.07) is 21.0. The fourth-order valence-electron chi connectivity index (χ4n) is 4.28. The number of nitrogens with zero attached hydrogens (tertiary/aromatic N) is 2. The Kier molecular flexibility index (Phi) is 7.40. The van der Waals surface area contributed by atoms with Crippen LogP contribution in [0.5, 0.6) is 0 Å². The van der Waals surface area contributed by atoms with Crippen molar-refractivity contribution in [3.05, 3.63) is 83.6 Å². The average Bonchev–Trinajstić information content (AvgIpc) is 3.18. The molecule has 8 nitrogen and oxygen atoms in total. The smallest absolute Gasteiger partial charge is 0.412 e. The maximum absolute atomic E-state index is 12.6. The molecule has 2 aromatic carbocycles. The predicted octanol–water partition coefficient (Wildman–Crippen LogP) is 4.77. The zero-order chi connectivity index (χ0) is 24.8. The number of rotatable bonds is 9. The number of fused-ring (bicyclic) bond motifs is 3. The van der Waals surface area contributed by atoms with E-state index in [1.807, 2.05) is 24.3 Å². The molecule has 35 heavy (non-hydrogen) atoms. The molecule has 1 aliphatic carbocycles. The molecule has 0 saturated carbocycles. The predicted molar refractivity (Wildman–Crippen MR) is 131 cm³/mol. The maximum atomic E-state index is 12.6. The minimum Gasteiger partial charge on any atom is -0.481 e. The van der Waals surface area contributed by atoms with E-state index in [4.69, 9.17) is 9.84 Å². The molecule has 3 aromatic rings. The molecule has 2 amide bonds. The van der Waals surface area contributed by atoms with Crippen molar-refractivity contribution in [3.63, 3.8) is 0 Å². The van der Waals surface area contributed by atoms with Gasteiger partial charge in [0.25, 0.3) is 5.91 Å². The number of amides is 2. The monoisotopic (exact) mass is 473 g/mol. The van der Waals surface area contributed by atoms with Crippen LogP contribution in [0.3, 0.4) is 0 Å². The second kappa shape index (κ2) is 10.8. The number of unbranched alkanes of at least 4 members (excludes halogenated alkanes) is 1. The summed E-state index contributed by atoms with van der Waals surface area (Å²) < 4.78 is 5.54. The van der Waals surface area contributed by atoms with E-state index in [9.17, 15) is 14.4 Å². The Morgan fingerprint density at radius 1 is 0.943 bits per heavy atom. The molecule has 8 heteroatoms. The summed E-state index contributed by atoms with van der Waals surface area (Å²) in [6.07, 6.45) is 0.488.